The van der Waals surface area contributed by atoms with Crippen molar-refractivity contribution in [2.24, 2.45) is 10.2 Å². The second-order valence-electron chi connectivity index (χ2n) is 5.14. The Bertz CT molecular complexity index is 971. The first kappa shape index (κ1) is 17.1. The average molecular weight is 372 g/mol. The van der Waals surface area contributed by atoms with Gasteiger partial charge in [-0.1, -0.05) is 29.8 Å². The first-order valence-electron chi connectivity index (χ1n) is 7.38. The van der Waals surface area contributed by atoms with Gasteiger partial charge in [-0.3, -0.25) is 4.72 Å². The Balaban J connectivity index is 1.72. The second-order valence-corrected chi connectivity index (χ2v) is 7.26. The molecule has 0 aromatic heterocycles. The van der Waals surface area contributed by atoms with Gasteiger partial charge in [0.25, 0.3) is 10.0 Å². The number of nitrogens with one attached hydrogen (secondary N) is 1. The molecule has 0 spiro atoms. The maximum Gasteiger partial charge on any atom is 0.261 e. The Morgan fingerprint density at radius 2 is 1.28 bits per heavy atom. The summed E-state index contributed by atoms with van der Waals surface area (Å²) in [7, 11) is -3.66. The van der Waals surface area contributed by atoms with Gasteiger partial charge in [-0.25, -0.2) is 8.42 Å². The van der Waals surface area contributed by atoms with E-state index in [9.17, 15) is 8.42 Å². The fraction of sp³-hybridized carbons (Fsp3) is 0. The normalized spacial score (nSPS) is 11.6. The van der Waals surface area contributed by atoms with Crippen LogP contribution in [0.5, 0.6) is 0 Å². The van der Waals surface area contributed by atoms with Crippen molar-refractivity contribution in [3.8, 4) is 0 Å². The minimum atomic E-state index is -3.66. The predicted octanol–water partition coefficient (Wildman–Crippen LogP) is 5.56. The average Bonchev–Trinajstić information content (AvgIpc) is 2.62. The van der Waals surface area contributed by atoms with E-state index >= 15 is 0 Å². The number of anilines is 1. The van der Waals surface area contributed by atoms with Crippen molar-refractivity contribution in [3.63, 3.8) is 0 Å². The molecule has 25 heavy (non-hydrogen) atoms. The first-order valence-corrected chi connectivity index (χ1v) is 9.24. The van der Waals surface area contributed by atoms with Gasteiger partial charge in [0.1, 0.15) is 0 Å². The molecule has 0 aliphatic rings. The standard InChI is InChI=1S/C18H14ClN3O2S/c19-14-6-12-18(13-7-14)25(23,24)22-17-10-8-16(9-11-17)21-20-15-4-2-1-3-5-15/h1-13,22H. The first-order chi connectivity index (χ1) is 12.0. The van der Waals surface area contributed by atoms with Gasteiger partial charge in [-0.15, -0.1) is 0 Å². The summed E-state index contributed by atoms with van der Waals surface area (Å²) in [6.45, 7) is 0. The van der Waals surface area contributed by atoms with Gasteiger partial charge in [0.05, 0.1) is 16.3 Å². The number of azo groups is 1. The molecule has 7 heteroatoms. The maximum atomic E-state index is 12.3. The third-order valence-corrected chi connectivity index (χ3v) is 4.93. The van der Waals surface area contributed by atoms with Crippen molar-refractivity contribution in [1.82, 2.24) is 0 Å². The van der Waals surface area contributed by atoms with E-state index in [0.717, 1.165) is 5.69 Å². The smallest absolute Gasteiger partial charge is 0.261 e. The Morgan fingerprint density at radius 3 is 1.88 bits per heavy atom. The van der Waals surface area contributed by atoms with Crippen LogP contribution in [0.4, 0.5) is 17.1 Å². The second kappa shape index (κ2) is 7.46. The Hall–Kier alpha value is -2.70. The van der Waals surface area contributed by atoms with E-state index < -0.39 is 10.0 Å². The number of benzene rings is 3. The van der Waals surface area contributed by atoms with Crippen LogP contribution in [0, 0.1) is 0 Å². The van der Waals surface area contributed by atoms with Crippen LogP contribution in [-0.4, -0.2) is 8.42 Å². The van der Waals surface area contributed by atoms with Crippen LogP contribution in [0.3, 0.4) is 0 Å². The minimum absolute atomic E-state index is 0.143. The van der Waals surface area contributed by atoms with Crippen molar-refractivity contribution in [3.05, 3.63) is 83.9 Å². The monoisotopic (exact) mass is 371 g/mol. The maximum absolute atomic E-state index is 12.3. The lowest BCUT2D eigenvalue weighted by molar-refractivity contribution is 0.601. The summed E-state index contributed by atoms with van der Waals surface area (Å²) in [5, 5.41) is 8.70. The molecule has 0 bridgehead atoms. The molecule has 0 saturated heterocycles. The molecule has 0 radical (unpaired) electrons. The highest BCUT2D eigenvalue weighted by Crippen LogP contribution is 2.22. The van der Waals surface area contributed by atoms with Crippen molar-refractivity contribution < 1.29 is 8.42 Å². The van der Waals surface area contributed by atoms with Gasteiger partial charge in [-0.2, -0.15) is 10.2 Å². The van der Waals surface area contributed by atoms with Crippen LogP contribution in [-0.2, 0) is 10.0 Å². The van der Waals surface area contributed by atoms with Crippen LogP contribution < -0.4 is 4.72 Å². The molecule has 0 unspecified atom stereocenters. The van der Waals surface area contributed by atoms with Crippen molar-refractivity contribution in [1.29, 1.82) is 0 Å². The fourth-order valence-corrected chi connectivity index (χ4v) is 3.22. The van der Waals surface area contributed by atoms with Gasteiger partial charge in [0, 0.05) is 10.7 Å². The zero-order valence-electron chi connectivity index (χ0n) is 13.0. The van der Waals surface area contributed by atoms with Gasteiger partial charge in [0.2, 0.25) is 0 Å². The van der Waals surface area contributed by atoms with Crippen LogP contribution >= 0.6 is 11.6 Å². The largest absolute Gasteiger partial charge is 0.280 e. The van der Waals surface area contributed by atoms with Gasteiger partial charge in [-0.05, 0) is 60.7 Å². The summed E-state index contributed by atoms with van der Waals surface area (Å²) in [6.07, 6.45) is 0. The predicted molar refractivity (Wildman–Crippen MR) is 99.3 cm³/mol. The van der Waals surface area contributed by atoms with E-state index in [4.69, 9.17) is 11.6 Å². The summed E-state index contributed by atoms with van der Waals surface area (Å²) in [5.74, 6) is 0. The van der Waals surface area contributed by atoms with E-state index in [1.165, 1.54) is 24.3 Å². The van der Waals surface area contributed by atoms with Gasteiger partial charge < -0.3 is 0 Å². The SMILES string of the molecule is O=S(=O)(Nc1ccc(N=Nc2ccccc2)cc1)c1ccc(Cl)cc1. The van der Waals surface area contributed by atoms with Gasteiger partial charge >= 0.3 is 0 Å². The molecule has 5 nitrogen and oxygen atoms in total. The molecule has 0 amide bonds. The van der Waals surface area contributed by atoms with E-state index in [1.54, 1.807) is 24.3 Å². The molecule has 0 saturated carbocycles. The number of rotatable bonds is 5. The number of hydrogen-bond acceptors (Lipinski definition) is 4. The molecule has 0 aliphatic heterocycles. The number of nitrogens with zero attached hydrogens (tertiary/aromatic N) is 2. The lowest BCUT2D eigenvalue weighted by Gasteiger charge is -2.08. The molecule has 0 aliphatic carbocycles. The van der Waals surface area contributed by atoms with E-state index in [-0.39, 0.29) is 4.90 Å². The number of hydrogen-bond donors (Lipinski definition) is 1. The highest BCUT2D eigenvalue weighted by molar-refractivity contribution is 7.92. The Kier molecular flexibility index (Phi) is 5.11. The van der Waals surface area contributed by atoms with Gasteiger partial charge in [0.15, 0.2) is 0 Å². The molecule has 3 aromatic carbocycles. The summed E-state index contributed by atoms with van der Waals surface area (Å²) in [6, 6.07) is 22.0. The molecule has 0 fully saturated rings. The van der Waals surface area contributed by atoms with E-state index in [0.29, 0.717) is 16.4 Å². The zero-order valence-corrected chi connectivity index (χ0v) is 14.6. The molecule has 3 aromatic rings. The molecule has 1 N–H and O–H groups in total. The summed E-state index contributed by atoms with van der Waals surface area (Å²) < 4.78 is 27.1. The molecule has 126 valence electrons. The van der Waals surface area contributed by atoms with Crippen molar-refractivity contribution in [2.75, 3.05) is 4.72 Å². The third-order valence-electron chi connectivity index (χ3n) is 3.28. The minimum Gasteiger partial charge on any atom is -0.280 e. The summed E-state index contributed by atoms with van der Waals surface area (Å²) >= 11 is 5.78. The van der Waals surface area contributed by atoms with E-state index in [1.807, 2.05) is 30.3 Å². The number of sulfonamides is 1. The van der Waals surface area contributed by atoms with E-state index in [2.05, 4.69) is 15.0 Å². The molecular weight excluding hydrogens is 358 g/mol. The lowest BCUT2D eigenvalue weighted by atomic mass is 10.3. The Morgan fingerprint density at radius 1 is 0.720 bits per heavy atom. The quantitative estimate of drug-likeness (QED) is 0.596. The molecule has 0 atom stereocenters. The van der Waals surface area contributed by atoms with Crippen LogP contribution in [0.1, 0.15) is 0 Å². The zero-order chi connectivity index (χ0) is 17.7. The molecule has 0 heterocycles. The third kappa shape index (κ3) is 4.65. The molecular formula is C18H14ClN3O2S. The topological polar surface area (TPSA) is 70.9 Å². The highest BCUT2D eigenvalue weighted by Gasteiger charge is 2.13. The highest BCUT2D eigenvalue weighted by atomic mass is 35.5. The van der Waals surface area contributed by atoms with Crippen LogP contribution in [0.2, 0.25) is 5.02 Å². The van der Waals surface area contributed by atoms with Crippen LogP contribution in [0.25, 0.3) is 0 Å². The van der Waals surface area contributed by atoms with Crippen molar-refractivity contribution >= 4 is 38.7 Å². The van der Waals surface area contributed by atoms with Crippen LogP contribution in [0.15, 0.2) is 94.0 Å². The summed E-state index contributed by atoms with van der Waals surface area (Å²) in [4.78, 5) is 0.143. The number of halogens is 1. The molecule has 3 rings (SSSR count). The summed E-state index contributed by atoms with van der Waals surface area (Å²) in [5.41, 5.74) is 1.81. The lowest BCUT2D eigenvalue weighted by Crippen LogP contribution is -2.12. The van der Waals surface area contributed by atoms with Crippen molar-refractivity contribution in [2.45, 2.75) is 4.90 Å². The fourth-order valence-electron chi connectivity index (χ4n) is 2.03. The Labute approximate surface area is 151 Å².